The Bertz CT molecular complexity index is 488. The molecule has 0 radical (unpaired) electrons. The van der Waals surface area contributed by atoms with Gasteiger partial charge in [0, 0.05) is 0 Å². The first-order valence-electron chi connectivity index (χ1n) is 3.52. The standard InChI is InChI=1S/C7H4INO4S2/c8-6(4-9)15(11,12)13-7(10)5-2-1-3-14-5/h1-3,6H. The molecule has 0 aliphatic heterocycles. The Kier molecular flexibility index (Phi) is 4.06. The zero-order chi connectivity index (χ0) is 11.5. The van der Waals surface area contributed by atoms with Crippen molar-refractivity contribution in [3.63, 3.8) is 0 Å². The van der Waals surface area contributed by atoms with E-state index in [1.54, 1.807) is 11.4 Å². The molecule has 1 heterocycles. The number of carbonyl (C=O) groups excluding carboxylic acids is 1. The Morgan fingerprint density at radius 3 is 2.80 bits per heavy atom. The van der Waals surface area contributed by atoms with E-state index >= 15 is 0 Å². The minimum atomic E-state index is -4.15. The molecule has 0 bridgehead atoms. The van der Waals surface area contributed by atoms with Crippen LogP contribution in [-0.4, -0.2) is 17.6 Å². The number of hydrogen-bond donors (Lipinski definition) is 0. The fourth-order valence-corrected chi connectivity index (χ4v) is 2.13. The summed E-state index contributed by atoms with van der Waals surface area (Å²) in [5, 5.41) is 10.0. The van der Waals surface area contributed by atoms with Crippen molar-refractivity contribution in [3.8, 4) is 6.07 Å². The Morgan fingerprint density at radius 2 is 2.33 bits per heavy atom. The third-order valence-electron chi connectivity index (χ3n) is 1.27. The van der Waals surface area contributed by atoms with Crippen molar-refractivity contribution >= 4 is 50.0 Å². The number of alkyl halides is 1. The lowest BCUT2D eigenvalue weighted by Gasteiger charge is -2.03. The number of nitrogens with zero attached hydrogens (tertiary/aromatic N) is 1. The SMILES string of the molecule is N#CC(I)S(=O)(=O)OC(=O)c1cccs1. The molecule has 0 fully saturated rings. The fourth-order valence-electron chi connectivity index (χ4n) is 0.648. The normalized spacial score (nSPS) is 12.8. The fraction of sp³-hybridized carbons (Fsp3) is 0.143. The third-order valence-corrected chi connectivity index (χ3v) is 5.26. The molecular weight excluding hydrogens is 353 g/mol. The largest absolute Gasteiger partial charge is 0.363 e. The highest BCUT2D eigenvalue weighted by Crippen LogP contribution is 2.16. The average molecular weight is 357 g/mol. The predicted octanol–water partition coefficient (Wildman–Crippen LogP) is 1.52. The van der Waals surface area contributed by atoms with Crippen LogP contribution in [0.1, 0.15) is 9.67 Å². The Hall–Kier alpha value is -0.660. The van der Waals surface area contributed by atoms with Crippen LogP contribution in [0.5, 0.6) is 0 Å². The second-order valence-corrected chi connectivity index (χ2v) is 6.95. The Balaban J connectivity index is 2.81. The molecule has 0 saturated heterocycles. The first-order valence-corrected chi connectivity index (χ1v) is 7.12. The molecule has 0 amide bonds. The molecule has 0 aliphatic rings. The summed E-state index contributed by atoms with van der Waals surface area (Å²) in [4.78, 5) is 11.4. The summed E-state index contributed by atoms with van der Waals surface area (Å²) in [6.07, 6.45) is 0. The lowest BCUT2D eigenvalue weighted by atomic mass is 10.5. The minimum absolute atomic E-state index is 0.181. The second kappa shape index (κ2) is 4.91. The van der Waals surface area contributed by atoms with E-state index in [1.165, 1.54) is 34.7 Å². The van der Waals surface area contributed by atoms with E-state index in [0.717, 1.165) is 11.3 Å². The van der Waals surface area contributed by atoms with Crippen molar-refractivity contribution in [2.75, 3.05) is 0 Å². The van der Waals surface area contributed by atoms with Gasteiger partial charge in [0.15, 0.2) is 0 Å². The highest BCUT2D eigenvalue weighted by molar-refractivity contribution is 14.1. The van der Waals surface area contributed by atoms with Crippen molar-refractivity contribution in [2.45, 2.75) is 3.26 Å². The van der Waals surface area contributed by atoms with Crippen molar-refractivity contribution in [2.24, 2.45) is 0 Å². The van der Waals surface area contributed by atoms with Gasteiger partial charge < -0.3 is 4.18 Å². The first-order chi connectivity index (χ1) is 6.97. The zero-order valence-electron chi connectivity index (χ0n) is 7.08. The summed E-state index contributed by atoms with van der Waals surface area (Å²) < 4.78 is 25.3. The van der Waals surface area contributed by atoms with Crippen LogP contribution in [0.3, 0.4) is 0 Å². The van der Waals surface area contributed by atoms with Crippen LogP contribution in [0.4, 0.5) is 0 Å². The lowest BCUT2D eigenvalue weighted by molar-refractivity contribution is 0.0752. The molecule has 1 aromatic heterocycles. The highest BCUT2D eigenvalue weighted by Gasteiger charge is 2.27. The van der Waals surface area contributed by atoms with E-state index in [2.05, 4.69) is 4.18 Å². The van der Waals surface area contributed by atoms with E-state index < -0.39 is 19.3 Å². The number of rotatable bonds is 3. The van der Waals surface area contributed by atoms with Gasteiger partial charge in [-0.25, -0.2) is 4.79 Å². The predicted molar refractivity (Wildman–Crippen MR) is 62.1 cm³/mol. The van der Waals surface area contributed by atoms with Gasteiger partial charge in [0.05, 0.1) is 6.07 Å². The summed E-state index contributed by atoms with van der Waals surface area (Å²) in [6.45, 7) is 0. The molecule has 0 aromatic carbocycles. The smallest absolute Gasteiger partial charge is 0.339 e. The van der Waals surface area contributed by atoms with Crippen molar-refractivity contribution in [1.29, 1.82) is 5.26 Å². The van der Waals surface area contributed by atoms with E-state index in [9.17, 15) is 13.2 Å². The summed E-state index contributed by atoms with van der Waals surface area (Å²) in [6, 6.07) is 4.52. The topological polar surface area (TPSA) is 84.2 Å². The van der Waals surface area contributed by atoms with Gasteiger partial charge in [0.25, 0.3) is 0 Å². The molecule has 0 saturated carbocycles. The summed E-state index contributed by atoms with van der Waals surface area (Å²) in [7, 11) is -4.15. The average Bonchev–Trinajstić information content (AvgIpc) is 2.68. The van der Waals surface area contributed by atoms with Crippen LogP contribution in [0.25, 0.3) is 0 Å². The molecule has 1 atom stereocenters. The van der Waals surface area contributed by atoms with Crippen LogP contribution in [0.15, 0.2) is 17.5 Å². The Labute approximate surface area is 104 Å². The maximum Gasteiger partial charge on any atom is 0.363 e. The Morgan fingerprint density at radius 1 is 1.67 bits per heavy atom. The van der Waals surface area contributed by atoms with Crippen molar-refractivity contribution in [3.05, 3.63) is 22.4 Å². The van der Waals surface area contributed by atoms with Gasteiger partial charge in [-0.2, -0.15) is 13.7 Å². The quantitative estimate of drug-likeness (QED) is 0.465. The second-order valence-electron chi connectivity index (χ2n) is 2.29. The van der Waals surface area contributed by atoms with Gasteiger partial charge in [-0.1, -0.05) is 6.07 Å². The molecular formula is C7H4INO4S2. The van der Waals surface area contributed by atoms with Gasteiger partial charge in [0.2, 0.25) is 3.26 Å². The number of thiophene rings is 1. The molecule has 80 valence electrons. The van der Waals surface area contributed by atoms with Crippen LogP contribution in [-0.2, 0) is 14.3 Å². The number of hydrogen-bond acceptors (Lipinski definition) is 6. The van der Waals surface area contributed by atoms with E-state index in [4.69, 9.17) is 5.26 Å². The van der Waals surface area contributed by atoms with Crippen molar-refractivity contribution < 1.29 is 17.4 Å². The van der Waals surface area contributed by atoms with Gasteiger partial charge in [-0.15, -0.1) is 11.3 Å². The van der Waals surface area contributed by atoms with Crippen LogP contribution in [0, 0.1) is 11.3 Å². The molecule has 1 rings (SSSR count). The molecule has 0 aliphatic carbocycles. The van der Waals surface area contributed by atoms with Crippen LogP contribution >= 0.6 is 33.9 Å². The van der Waals surface area contributed by atoms with Crippen molar-refractivity contribution in [1.82, 2.24) is 0 Å². The zero-order valence-corrected chi connectivity index (χ0v) is 10.9. The lowest BCUT2D eigenvalue weighted by Crippen LogP contribution is -2.19. The van der Waals surface area contributed by atoms with Crippen LogP contribution < -0.4 is 0 Å². The maximum absolute atomic E-state index is 11.2. The molecule has 8 heteroatoms. The maximum atomic E-state index is 11.2. The molecule has 1 aromatic rings. The van der Waals surface area contributed by atoms with Gasteiger partial charge >= 0.3 is 16.1 Å². The molecule has 1 unspecified atom stereocenters. The third kappa shape index (κ3) is 3.15. The summed E-state index contributed by atoms with van der Waals surface area (Å²) >= 11 is 2.44. The van der Waals surface area contributed by atoms with Crippen LogP contribution in [0.2, 0.25) is 0 Å². The first kappa shape index (κ1) is 12.4. The van der Waals surface area contributed by atoms with E-state index in [-0.39, 0.29) is 4.88 Å². The van der Waals surface area contributed by atoms with E-state index in [0.29, 0.717) is 0 Å². The number of nitriles is 1. The molecule has 15 heavy (non-hydrogen) atoms. The molecule has 0 N–H and O–H groups in total. The minimum Gasteiger partial charge on any atom is -0.339 e. The summed E-state index contributed by atoms with van der Waals surface area (Å²) in [5.41, 5.74) is 0. The monoisotopic (exact) mass is 357 g/mol. The van der Waals surface area contributed by atoms with Gasteiger partial charge in [-0.05, 0) is 34.0 Å². The summed E-state index contributed by atoms with van der Waals surface area (Å²) in [5.74, 6) is -0.957. The number of halogens is 1. The highest BCUT2D eigenvalue weighted by atomic mass is 127. The van der Waals surface area contributed by atoms with E-state index in [1.807, 2.05) is 0 Å². The number of carbonyl (C=O) groups is 1. The molecule has 0 spiro atoms. The van der Waals surface area contributed by atoms with Gasteiger partial charge in [0.1, 0.15) is 4.88 Å². The molecule has 5 nitrogen and oxygen atoms in total. The van der Waals surface area contributed by atoms with Gasteiger partial charge in [-0.3, -0.25) is 0 Å².